The first-order valence-corrected chi connectivity index (χ1v) is 4.65. The Morgan fingerprint density at radius 2 is 2.00 bits per heavy atom. The molecule has 2 nitrogen and oxygen atoms in total. The summed E-state index contributed by atoms with van der Waals surface area (Å²) in [5.41, 5.74) is 0.543. The van der Waals surface area contributed by atoms with E-state index in [-0.39, 0.29) is 11.3 Å². The molecule has 0 aliphatic carbocycles. The lowest BCUT2D eigenvalue weighted by molar-refractivity contribution is 0.316. The Morgan fingerprint density at radius 1 is 1.46 bits per heavy atom. The lowest BCUT2D eigenvalue weighted by atomic mass is 9.96. The summed E-state index contributed by atoms with van der Waals surface area (Å²) >= 11 is 0. The third-order valence-electron chi connectivity index (χ3n) is 1.75. The van der Waals surface area contributed by atoms with E-state index in [1.807, 2.05) is 27.7 Å². The van der Waals surface area contributed by atoms with Gasteiger partial charge in [-0.25, -0.2) is 0 Å². The van der Waals surface area contributed by atoms with Crippen LogP contribution in [0.4, 0.5) is 0 Å². The maximum Gasteiger partial charge on any atom is 0.132 e. The van der Waals surface area contributed by atoms with Gasteiger partial charge in [-0.15, -0.1) is 0 Å². The molecule has 0 fully saturated rings. The minimum absolute atomic E-state index is 0.0383. The Bertz CT molecular complexity index is 237. The Balaban J connectivity index is 4.54. The monoisotopic (exact) mass is 181 g/mol. The standard InChI is InChI=1S/C11H19NO/c1-6-9(2)10(12-13)7-8-11(3,4)5/h9,13H,6H2,1-5H3/b12-10+. The highest BCUT2D eigenvalue weighted by molar-refractivity contribution is 6.01. The van der Waals surface area contributed by atoms with Gasteiger partial charge in [0.25, 0.3) is 0 Å². The van der Waals surface area contributed by atoms with Crippen LogP contribution >= 0.6 is 0 Å². The predicted octanol–water partition coefficient (Wildman–Crippen LogP) is 2.91. The molecule has 1 unspecified atom stereocenters. The number of hydrogen-bond donors (Lipinski definition) is 1. The topological polar surface area (TPSA) is 32.6 Å². The van der Waals surface area contributed by atoms with Crippen molar-refractivity contribution in [3.63, 3.8) is 0 Å². The molecular weight excluding hydrogens is 162 g/mol. The summed E-state index contributed by atoms with van der Waals surface area (Å²) in [6.07, 6.45) is 0.943. The zero-order valence-electron chi connectivity index (χ0n) is 9.18. The van der Waals surface area contributed by atoms with Crippen molar-refractivity contribution >= 4 is 5.71 Å². The van der Waals surface area contributed by atoms with E-state index >= 15 is 0 Å². The highest BCUT2D eigenvalue weighted by atomic mass is 16.4. The number of hydrogen-bond acceptors (Lipinski definition) is 2. The minimum Gasteiger partial charge on any atom is -0.410 e. The average Bonchev–Trinajstić information content (AvgIpc) is 2.03. The second-order valence-electron chi connectivity index (χ2n) is 4.29. The third kappa shape index (κ3) is 5.30. The van der Waals surface area contributed by atoms with Gasteiger partial charge in [-0.1, -0.05) is 24.9 Å². The molecule has 13 heavy (non-hydrogen) atoms. The first-order chi connectivity index (χ1) is 5.90. The van der Waals surface area contributed by atoms with Crippen molar-refractivity contribution in [2.45, 2.75) is 41.0 Å². The van der Waals surface area contributed by atoms with E-state index in [2.05, 4.69) is 23.9 Å². The summed E-state index contributed by atoms with van der Waals surface area (Å²) in [6, 6.07) is 0. The second-order valence-corrected chi connectivity index (χ2v) is 4.29. The Hall–Kier alpha value is -0.970. The summed E-state index contributed by atoms with van der Waals surface area (Å²) in [6.45, 7) is 10.2. The second kappa shape index (κ2) is 4.91. The molecule has 1 atom stereocenters. The molecule has 0 spiro atoms. The summed E-state index contributed by atoms with van der Waals surface area (Å²) < 4.78 is 0. The Kier molecular flexibility index (Phi) is 4.55. The molecule has 0 aliphatic rings. The molecule has 0 aliphatic heterocycles. The lowest BCUT2D eigenvalue weighted by Crippen LogP contribution is -2.09. The fraction of sp³-hybridized carbons (Fsp3) is 0.727. The van der Waals surface area contributed by atoms with Gasteiger partial charge in [0.2, 0.25) is 0 Å². The van der Waals surface area contributed by atoms with Crippen LogP contribution in [0, 0.1) is 23.2 Å². The van der Waals surface area contributed by atoms with Crippen molar-refractivity contribution in [2.24, 2.45) is 16.5 Å². The quantitative estimate of drug-likeness (QED) is 0.302. The van der Waals surface area contributed by atoms with Crippen LogP contribution in [0.25, 0.3) is 0 Å². The molecular formula is C11H19NO. The summed E-state index contributed by atoms with van der Waals surface area (Å²) in [4.78, 5) is 0. The highest BCUT2D eigenvalue weighted by Crippen LogP contribution is 2.11. The van der Waals surface area contributed by atoms with Crippen LogP contribution in [-0.2, 0) is 0 Å². The van der Waals surface area contributed by atoms with Gasteiger partial charge in [-0.3, -0.25) is 0 Å². The summed E-state index contributed by atoms with van der Waals surface area (Å²) in [7, 11) is 0. The fourth-order valence-electron chi connectivity index (χ4n) is 0.692. The van der Waals surface area contributed by atoms with E-state index in [1.165, 1.54) is 0 Å². The normalized spacial score (nSPS) is 14.7. The van der Waals surface area contributed by atoms with Crippen LogP contribution in [-0.4, -0.2) is 10.9 Å². The van der Waals surface area contributed by atoms with Crippen molar-refractivity contribution in [1.82, 2.24) is 0 Å². The van der Waals surface area contributed by atoms with Crippen molar-refractivity contribution in [2.75, 3.05) is 0 Å². The van der Waals surface area contributed by atoms with Crippen LogP contribution in [0.2, 0.25) is 0 Å². The van der Waals surface area contributed by atoms with E-state index in [4.69, 9.17) is 5.21 Å². The molecule has 2 heteroatoms. The molecule has 1 N–H and O–H groups in total. The molecule has 0 amide bonds. The van der Waals surface area contributed by atoms with Gasteiger partial charge in [0.05, 0.1) is 0 Å². The highest BCUT2D eigenvalue weighted by Gasteiger charge is 2.08. The molecule has 0 saturated carbocycles. The molecule has 0 radical (unpaired) electrons. The molecule has 74 valence electrons. The minimum atomic E-state index is -0.0383. The molecule has 0 saturated heterocycles. The smallest absolute Gasteiger partial charge is 0.132 e. The van der Waals surface area contributed by atoms with Gasteiger partial charge in [0.15, 0.2) is 0 Å². The van der Waals surface area contributed by atoms with Crippen LogP contribution in [0.15, 0.2) is 5.16 Å². The molecule has 0 bridgehead atoms. The number of nitrogens with zero attached hydrogens (tertiary/aromatic N) is 1. The fourth-order valence-corrected chi connectivity index (χ4v) is 0.692. The van der Waals surface area contributed by atoms with E-state index in [0.29, 0.717) is 5.71 Å². The summed E-state index contributed by atoms with van der Waals surface area (Å²) in [5.74, 6) is 6.19. The Labute approximate surface area is 81.0 Å². The molecule has 0 rings (SSSR count). The van der Waals surface area contributed by atoms with Gasteiger partial charge in [0.1, 0.15) is 5.71 Å². The van der Waals surface area contributed by atoms with E-state index in [0.717, 1.165) is 6.42 Å². The van der Waals surface area contributed by atoms with E-state index < -0.39 is 0 Å². The van der Waals surface area contributed by atoms with Gasteiger partial charge in [-0.2, -0.15) is 0 Å². The first kappa shape index (κ1) is 12.0. The van der Waals surface area contributed by atoms with Crippen molar-refractivity contribution < 1.29 is 5.21 Å². The van der Waals surface area contributed by atoms with Crippen LogP contribution in [0.5, 0.6) is 0 Å². The molecule has 0 heterocycles. The first-order valence-electron chi connectivity index (χ1n) is 4.65. The van der Waals surface area contributed by atoms with Gasteiger partial charge >= 0.3 is 0 Å². The van der Waals surface area contributed by atoms with E-state index in [1.54, 1.807) is 0 Å². The van der Waals surface area contributed by atoms with Gasteiger partial charge in [-0.05, 0) is 33.1 Å². The van der Waals surface area contributed by atoms with Crippen molar-refractivity contribution in [3.8, 4) is 11.8 Å². The number of oxime groups is 1. The molecule has 0 aromatic heterocycles. The van der Waals surface area contributed by atoms with Crippen LogP contribution in [0.3, 0.4) is 0 Å². The molecule has 0 aromatic rings. The zero-order valence-corrected chi connectivity index (χ0v) is 9.18. The number of rotatable bonds is 2. The van der Waals surface area contributed by atoms with Crippen molar-refractivity contribution in [3.05, 3.63) is 0 Å². The predicted molar refractivity (Wildman–Crippen MR) is 55.9 cm³/mol. The van der Waals surface area contributed by atoms with E-state index in [9.17, 15) is 0 Å². The molecule has 0 aromatic carbocycles. The zero-order chi connectivity index (χ0) is 10.5. The van der Waals surface area contributed by atoms with Gasteiger partial charge in [0, 0.05) is 11.3 Å². The van der Waals surface area contributed by atoms with Crippen molar-refractivity contribution in [1.29, 1.82) is 0 Å². The third-order valence-corrected chi connectivity index (χ3v) is 1.75. The Morgan fingerprint density at radius 3 is 2.31 bits per heavy atom. The van der Waals surface area contributed by atoms with Crippen LogP contribution in [0.1, 0.15) is 41.0 Å². The SMILES string of the molecule is CCC(C)/C(C#CC(C)(C)C)=N/O. The van der Waals surface area contributed by atoms with Crippen LogP contribution < -0.4 is 0 Å². The summed E-state index contributed by atoms with van der Waals surface area (Å²) in [5, 5.41) is 11.9. The lowest BCUT2D eigenvalue weighted by Gasteiger charge is -2.08. The largest absolute Gasteiger partial charge is 0.410 e. The van der Waals surface area contributed by atoms with Gasteiger partial charge < -0.3 is 5.21 Å². The maximum atomic E-state index is 8.71. The average molecular weight is 181 g/mol. The maximum absolute atomic E-state index is 8.71.